The molecule has 2 aromatic rings. The summed E-state index contributed by atoms with van der Waals surface area (Å²) in [6, 6.07) is 12.8. The highest BCUT2D eigenvalue weighted by atomic mass is 19.1. The summed E-state index contributed by atoms with van der Waals surface area (Å²) in [4.78, 5) is 39.3. The molecule has 0 bridgehead atoms. The number of carbonyl (C=O) groups excluding carboxylic acids is 3. The van der Waals surface area contributed by atoms with Crippen molar-refractivity contribution >= 4 is 23.3 Å². The minimum absolute atomic E-state index is 0.0495. The summed E-state index contributed by atoms with van der Waals surface area (Å²) in [7, 11) is 0. The minimum atomic E-state index is -0.822. The van der Waals surface area contributed by atoms with Crippen LogP contribution >= 0.6 is 0 Å². The second-order valence-electron chi connectivity index (χ2n) is 7.99. The molecule has 0 radical (unpaired) electrons. The molecule has 2 fully saturated rings. The maximum atomic E-state index is 13.3. The number of hydrogen-bond acceptors (Lipinski definition) is 4. The summed E-state index contributed by atoms with van der Waals surface area (Å²) >= 11 is 0. The van der Waals surface area contributed by atoms with Crippen LogP contribution in [0.4, 0.5) is 10.1 Å². The van der Waals surface area contributed by atoms with E-state index in [0.717, 1.165) is 24.8 Å². The van der Waals surface area contributed by atoms with Gasteiger partial charge in [-0.1, -0.05) is 37.1 Å². The van der Waals surface area contributed by atoms with Crippen molar-refractivity contribution in [3.8, 4) is 0 Å². The third kappa shape index (κ3) is 3.86. The smallest absolute Gasteiger partial charge is 0.317 e. The molecule has 6 heteroatoms. The molecule has 0 N–H and O–H groups in total. The Hall–Kier alpha value is -3.02. The van der Waals surface area contributed by atoms with Gasteiger partial charge >= 0.3 is 5.97 Å². The Kier molecular flexibility index (Phi) is 5.66. The fraction of sp³-hybridized carbons (Fsp3) is 0.375. The van der Waals surface area contributed by atoms with Crippen LogP contribution in [0.2, 0.25) is 0 Å². The molecule has 5 nitrogen and oxygen atoms in total. The van der Waals surface area contributed by atoms with Crippen molar-refractivity contribution in [3.63, 3.8) is 0 Å². The van der Waals surface area contributed by atoms with Gasteiger partial charge in [-0.15, -0.1) is 0 Å². The lowest BCUT2D eigenvalue weighted by Gasteiger charge is -2.27. The normalized spacial score (nSPS) is 17.9. The number of ether oxygens (including phenoxy) is 1. The van der Waals surface area contributed by atoms with E-state index < -0.39 is 11.4 Å². The van der Waals surface area contributed by atoms with E-state index in [9.17, 15) is 18.8 Å². The van der Waals surface area contributed by atoms with Gasteiger partial charge in [0.25, 0.3) is 0 Å². The van der Waals surface area contributed by atoms with E-state index in [-0.39, 0.29) is 24.1 Å². The Balaban J connectivity index is 1.46. The van der Waals surface area contributed by atoms with Gasteiger partial charge in [-0.2, -0.15) is 0 Å². The van der Waals surface area contributed by atoms with Crippen molar-refractivity contribution in [2.75, 3.05) is 18.1 Å². The SMILES string of the molecule is O=C(COC(=O)C1(c2ccc(F)cc2)CCCC1)c1cccc(N2CCCC2=O)c1. The monoisotopic (exact) mass is 409 g/mol. The van der Waals surface area contributed by atoms with Crippen molar-refractivity contribution in [3.05, 3.63) is 65.5 Å². The van der Waals surface area contributed by atoms with Gasteiger partial charge in [-0.05, 0) is 49.1 Å². The highest BCUT2D eigenvalue weighted by molar-refractivity contribution is 6.01. The largest absolute Gasteiger partial charge is 0.457 e. The first-order valence-corrected chi connectivity index (χ1v) is 10.4. The lowest BCUT2D eigenvalue weighted by atomic mass is 9.79. The van der Waals surface area contributed by atoms with Crippen LogP contribution < -0.4 is 4.90 Å². The average Bonchev–Trinajstić information content (AvgIpc) is 3.42. The van der Waals surface area contributed by atoms with Gasteiger partial charge in [0.15, 0.2) is 12.4 Å². The van der Waals surface area contributed by atoms with Crippen LogP contribution in [-0.2, 0) is 19.7 Å². The van der Waals surface area contributed by atoms with Gasteiger partial charge < -0.3 is 9.64 Å². The van der Waals surface area contributed by atoms with Crippen LogP contribution in [0.3, 0.4) is 0 Å². The Bertz CT molecular complexity index is 963. The molecule has 1 amide bonds. The maximum absolute atomic E-state index is 13.3. The lowest BCUT2D eigenvalue weighted by Crippen LogP contribution is -2.35. The zero-order valence-corrected chi connectivity index (χ0v) is 16.7. The number of benzene rings is 2. The van der Waals surface area contributed by atoms with Crippen molar-refractivity contribution in [1.82, 2.24) is 0 Å². The summed E-state index contributed by atoms with van der Waals surface area (Å²) in [6.07, 6.45) is 4.33. The molecule has 0 spiro atoms. The van der Waals surface area contributed by atoms with Gasteiger partial charge in [0, 0.05) is 24.2 Å². The molecule has 2 aromatic carbocycles. The van der Waals surface area contributed by atoms with E-state index in [1.165, 1.54) is 12.1 Å². The minimum Gasteiger partial charge on any atom is -0.457 e. The van der Waals surface area contributed by atoms with Crippen LogP contribution in [0.25, 0.3) is 0 Å². The van der Waals surface area contributed by atoms with Crippen molar-refractivity contribution in [2.45, 2.75) is 43.9 Å². The molecule has 1 heterocycles. The number of halogens is 1. The lowest BCUT2D eigenvalue weighted by molar-refractivity contribution is -0.149. The summed E-state index contributed by atoms with van der Waals surface area (Å²) in [5, 5.41) is 0. The zero-order chi connectivity index (χ0) is 21.1. The van der Waals surface area contributed by atoms with Crippen molar-refractivity contribution < 1.29 is 23.5 Å². The van der Waals surface area contributed by atoms with E-state index in [2.05, 4.69) is 0 Å². The third-order valence-corrected chi connectivity index (χ3v) is 6.13. The number of hydrogen-bond donors (Lipinski definition) is 0. The highest BCUT2D eigenvalue weighted by Crippen LogP contribution is 2.42. The molecule has 30 heavy (non-hydrogen) atoms. The number of nitrogens with zero attached hydrogens (tertiary/aromatic N) is 1. The first kappa shape index (κ1) is 20.3. The first-order chi connectivity index (χ1) is 14.5. The molecule has 0 aromatic heterocycles. The Morgan fingerprint density at radius 2 is 1.77 bits per heavy atom. The molecule has 1 aliphatic carbocycles. The second-order valence-corrected chi connectivity index (χ2v) is 7.99. The molecular formula is C24H24FNO4. The Morgan fingerprint density at radius 1 is 1.03 bits per heavy atom. The maximum Gasteiger partial charge on any atom is 0.317 e. The van der Waals surface area contributed by atoms with E-state index in [4.69, 9.17) is 4.74 Å². The highest BCUT2D eigenvalue weighted by Gasteiger charge is 2.44. The Labute approximate surface area is 174 Å². The Morgan fingerprint density at radius 3 is 2.43 bits per heavy atom. The number of amides is 1. The summed E-state index contributed by atoms with van der Waals surface area (Å²) in [5.74, 6) is -1.06. The standard InChI is InChI=1S/C24H24FNO4/c25-19-10-8-18(9-11-19)24(12-1-2-13-24)23(29)30-16-21(27)17-5-3-6-20(15-17)26-14-4-7-22(26)28/h3,5-6,8-11,15H,1-2,4,7,12-14,16H2. The van der Waals surface area contributed by atoms with Gasteiger partial charge in [-0.3, -0.25) is 14.4 Å². The second kappa shape index (κ2) is 8.38. The molecule has 156 valence electrons. The number of rotatable bonds is 6. The van der Waals surface area contributed by atoms with E-state index in [1.807, 2.05) is 0 Å². The number of anilines is 1. The summed E-state index contributed by atoms with van der Waals surface area (Å²) in [5.41, 5.74) is 1.00. The molecule has 1 aliphatic heterocycles. The summed E-state index contributed by atoms with van der Waals surface area (Å²) in [6.45, 7) is 0.283. The van der Waals surface area contributed by atoms with Crippen LogP contribution in [0.15, 0.2) is 48.5 Å². The van der Waals surface area contributed by atoms with Crippen molar-refractivity contribution in [1.29, 1.82) is 0 Å². The van der Waals surface area contributed by atoms with Gasteiger partial charge in [0.1, 0.15) is 5.82 Å². The fourth-order valence-electron chi connectivity index (χ4n) is 4.48. The van der Waals surface area contributed by atoms with Gasteiger partial charge in [0.2, 0.25) is 5.91 Å². The average molecular weight is 409 g/mol. The molecule has 1 saturated heterocycles. The fourth-order valence-corrected chi connectivity index (χ4v) is 4.48. The summed E-state index contributed by atoms with van der Waals surface area (Å²) < 4.78 is 18.8. The van der Waals surface area contributed by atoms with Gasteiger partial charge in [-0.25, -0.2) is 4.39 Å². The van der Waals surface area contributed by atoms with Crippen molar-refractivity contribution in [2.24, 2.45) is 0 Å². The number of Topliss-reactive ketones (excluding diaryl/α,β-unsaturated/α-hetero) is 1. The van der Waals surface area contributed by atoms with E-state index in [1.54, 1.807) is 41.3 Å². The molecule has 0 atom stereocenters. The predicted octanol–water partition coefficient (Wildman–Crippen LogP) is 4.19. The number of esters is 1. The van der Waals surface area contributed by atoms with Crippen LogP contribution in [0.5, 0.6) is 0 Å². The molecule has 0 unspecified atom stereocenters. The molecular weight excluding hydrogens is 385 g/mol. The molecule has 2 aliphatic rings. The molecule has 4 rings (SSSR count). The van der Waals surface area contributed by atoms with E-state index >= 15 is 0 Å². The zero-order valence-electron chi connectivity index (χ0n) is 16.7. The quantitative estimate of drug-likeness (QED) is 0.530. The molecule has 1 saturated carbocycles. The third-order valence-electron chi connectivity index (χ3n) is 6.13. The number of ketones is 1. The van der Waals surface area contributed by atoms with Crippen LogP contribution in [0.1, 0.15) is 54.4 Å². The first-order valence-electron chi connectivity index (χ1n) is 10.4. The van der Waals surface area contributed by atoms with Crippen LogP contribution in [0, 0.1) is 5.82 Å². The topological polar surface area (TPSA) is 63.7 Å². The predicted molar refractivity (Wildman–Crippen MR) is 110 cm³/mol. The number of carbonyl (C=O) groups is 3. The van der Waals surface area contributed by atoms with E-state index in [0.29, 0.717) is 37.1 Å². The van der Waals surface area contributed by atoms with Gasteiger partial charge in [0.05, 0.1) is 5.41 Å². The van der Waals surface area contributed by atoms with Crippen LogP contribution in [-0.4, -0.2) is 30.8 Å².